The van der Waals surface area contributed by atoms with Gasteiger partial charge in [0.15, 0.2) is 11.5 Å². The lowest BCUT2D eigenvalue weighted by Gasteiger charge is -2.19. The van der Waals surface area contributed by atoms with Gasteiger partial charge < -0.3 is 30.2 Å². The Balaban J connectivity index is 1.85. The van der Waals surface area contributed by atoms with Crippen molar-refractivity contribution in [2.75, 3.05) is 26.1 Å². The highest BCUT2D eigenvalue weighted by Gasteiger charge is 2.17. The van der Waals surface area contributed by atoms with Crippen LogP contribution in [0.15, 0.2) is 42.5 Å². The second-order valence-corrected chi connectivity index (χ2v) is 8.53. The summed E-state index contributed by atoms with van der Waals surface area (Å²) in [6, 6.07) is 12.7. The molecule has 2 aromatic rings. The van der Waals surface area contributed by atoms with Gasteiger partial charge in [-0.05, 0) is 56.5 Å². The number of aryl methyl sites for hydroxylation is 1. The number of nitrogens with one attached hydrogen (secondary N) is 3. The van der Waals surface area contributed by atoms with Crippen LogP contribution in [0.25, 0.3) is 0 Å². The Morgan fingerprint density at radius 1 is 0.882 bits per heavy atom. The van der Waals surface area contributed by atoms with Gasteiger partial charge in [0.05, 0.1) is 14.2 Å². The van der Waals surface area contributed by atoms with E-state index in [1.54, 1.807) is 47.1 Å². The van der Waals surface area contributed by atoms with Gasteiger partial charge in [0.2, 0.25) is 11.8 Å². The van der Waals surface area contributed by atoms with Crippen molar-refractivity contribution in [1.82, 2.24) is 10.6 Å². The minimum absolute atomic E-state index is 0.123. The van der Waals surface area contributed by atoms with Crippen molar-refractivity contribution >= 4 is 23.6 Å². The number of hydrogen-bond acceptors (Lipinski definition) is 6. The number of anilines is 1. The van der Waals surface area contributed by atoms with Crippen molar-refractivity contribution in [1.29, 1.82) is 0 Å². The van der Waals surface area contributed by atoms with Crippen LogP contribution in [-0.2, 0) is 27.3 Å². The van der Waals surface area contributed by atoms with Crippen LogP contribution in [-0.4, -0.2) is 44.3 Å². The summed E-state index contributed by atoms with van der Waals surface area (Å²) in [5.41, 5.74) is 1.61. The molecule has 0 heterocycles. The van der Waals surface area contributed by atoms with Gasteiger partial charge in [0.1, 0.15) is 12.1 Å². The van der Waals surface area contributed by atoms with Gasteiger partial charge in [0, 0.05) is 18.7 Å². The zero-order chi connectivity index (χ0) is 25.1. The Kier molecular flexibility index (Phi) is 9.73. The molecule has 3 amide bonds. The van der Waals surface area contributed by atoms with Gasteiger partial charge >= 0.3 is 6.09 Å². The highest BCUT2D eigenvalue weighted by molar-refractivity contribution is 5.94. The topological polar surface area (TPSA) is 115 Å². The maximum absolute atomic E-state index is 12.4. The maximum Gasteiger partial charge on any atom is 0.408 e. The van der Waals surface area contributed by atoms with E-state index in [0.29, 0.717) is 30.0 Å². The summed E-state index contributed by atoms with van der Waals surface area (Å²) in [7, 11) is 3.14. The first-order valence-electron chi connectivity index (χ1n) is 10.9. The molecule has 0 fully saturated rings. The van der Waals surface area contributed by atoms with Crippen molar-refractivity contribution in [2.24, 2.45) is 0 Å². The molecule has 0 aromatic heterocycles. The Morgan fingerprint density at radius 3 is 2.26 bits per heavy atom. The summed E-state index contributed by atoms with van der Waals surface area (Å²) in [6.07, 6.45) is 0.169. The van der Waals surface area contributed by atoms with Gasteiger partial charge in [-0.25, -0.2) is 4.79 Å². The standard InChI is InChI=1S/C25H33N3O6/c1-25(2,3)34-24(31)27-16-23(30)28-19-9-7-6-8-18(19)15-26-22(29)13-11-17-10-12-20(32-4)21(14-17)33-5/h6-10,12,14H,11,13,15-16H2,1-5H3,(H,26,29)(H,27,31)(H,28,30). The number of benzene rings is 2. The summed E-state index contributed by atoms with van der Waals surface area (Å²) in [5, 5.41) is 8.04. The maximum atomic E-state index is 12.4. The average molecular weight is 472 g/mol. The van der Waals surface area contributed by atoms with Gasteiger partial charge in [-0.2, -0.15) is 0 Å². The molecule has 2 aromatic carbocycles. The van der Waals surface area contributed by atoms with E-state index in [2.05, 4.69) is 16.0 Å². The first-order chi connectivity index (χ1) is 16.1. The number of para-hydroxylation sites is 1. The summed E-state index contributed by atoms with van der Waals surface area (Å²) in [5.74, 6) is 0.725. The molecule has 0 aliphatic heterocycles. The van der Waals surface area contributed by atoms with Crippen LogP contribution in [0.5, 0.6) is 11.5 Å². The van der Waals surface area contributed by atoms with E-state index in [9.17, 15) is 14.4 Å². The minimum atomic E-state index is -0.669. The van der Waals surface area contributed by atoms with Crippen molar-refractivity contribution in [3.8, 4) is 11.5 Å². The molecule has 34 heavy (non-hydrogen) atoms. The van der Waals surface area contributed by atoms with Crippen LogP contribution < -0.4 is 25.4 Å². The monoisotopic (exact) mass is 471 g/mol. The molecule has 9 heteroatoms. The molecule has 0 bridgehead atoms. The predicted molar refractivity (Wildman–Crippen MR) is 129 cm³/mol. The fourth-order valence-electron chi connectivity index (χ4n) is 3.03. The molecule has 0 spiro atoms. The SMILES string of the molecule is COc1ccc(CCC(=O)NCc2ccccc2NC(=O)CNC(=O)OC(C)(C)C)cc1OC. The first kappa shape index (κ1) is 26.5. The molecule has 0 unspecified atom stereocenters. The van der Waals surface area contributed by atoms with Crippen LogP contribution >= 0.6 is 0 Å². The van der Waals surface area contributed by atoms with Crippen LogP contribution in [0, 0.1) is 0 Å². The molecule has 184 valence electrons. The minimum Gasteiger partial charge on any atom is -0.493 e. The lowest BCUT2D eigenvalue weighted by atomic mass is 10.1. The molecule has 2 rings (SSSR count). The van der Waals surface area contributed by atoms with E-state index >= 15 is 0 Å². The van der Waals surface area contributed by atoms with E-state index in [-0.39, 0.29) is 19.0 Å². The Morgan fingerprint density at radius 2 is 1.59 bits per heavy atom. The number of amides is 3. The van der Waals surface area contributed by atoms with Gasteiger partial charge in [-0.1, -0.05) is 24.3 Å². The molecule has 0 aliphatic rings. The molecular weight excluding hydrogens is 438 g/mol. The number of carbonyl (C=O) groups is 3. The number of rotatable bonds is 10. The zero-order valence-electron chi connectivity index (χ0n) is 20.3. The van der Waals surface area contributed by atoms with Crippen LogP contribution in [0.2, 0.25) is 0 Å². The van der Waals surface area contributed by atoms with Crippen LogP contribution in [0.4, 0.5) is 10.5 Å². The number of carbonyl (C=O) groups excluding carboxylic acids is 3. The quantitative estimate of drug-likeness (QED) is 0.489. The zero-order valence-corrected chi connectivity index (χ0v) is 20.3. The molecule has 3 N–H and O–H groups in total. The van der Waals surface area contributed by atoms with Crippen molar-refractivity contribution in [3.05, 3.63) is 53.6 Å². The van der Waals surface area contributed by atoms with E-state index in [4.69, 9.17) is 14.2 Å². The molecular formula is C25H33N3O6. The largest absolute Gasteiger partial charge is 0.493 e. The summed E-state index contributed by atoms with van der Waals surface area (Å²) in [6.45, 7) is 5.24. The lowest BCUT2D eigenvalue weighted by Crippen LogP contribution is -2.37. The van der Waals surface area contributed by atoms with E-state index < -0.39 is 17.6 Å². The third-order valence-electron chi connectivity index (χ3n) is 4.65. The molecule has 0 atom stereocenters. The van der Waals surface area contributed by atoms with Crippen LogP contribution in [0.1, 0.15) is 38.3 Å². The van der Waals surface area contributed by atoms with Gasteiger partial charge in [0.25, 0.3) is 0 Å². The molecule has 9 nitrogen and oxygen atoms in total. The molecule has 0 radical (unpaired) electrons. The van der Waals surface area contributed by atoms with Crippen molar-refractivity contribution in [2.45, 2.75) is 45.8 Å². The lowest BCUT2D eigenvalue weighted by molar-refractivity contribution is -0.121. The van der Waals surface area contributed by atoms with Crippen molar-refractivity contribution < 1.29 is 28.6 Å². The van der Waals surface area contributed by atoms with Crippen molar-refractivity contribution in [3.63, 3.8) is 0 Å². The second kappa shape index (κ2) is 12.5. The third kappa shape index (κ3) is 9.01. The highest BCUT2D eigenvalue weighted by Crippen LogP contribution is 2.28. The highest BCUT2D eigenvalue weighted by atomic mass is 16.6. The summed E-state index contributed by atoms with van der Waals surface area (Å²) >= 11 is 0. The Bertz CT molecular complexity index is 1000. The summed E-state index contributed by atoms with van der Waals surface area (Å²) < 4.78 is 15.6. The van der Waals surface area contributed by atoms with E-state index in [0.717, 1.165) is 11.1 Å². The average Bonchev–Trinajstić information content (AvgIpc) is 2.79. The van der Waals surface area contributed by atoms with Gasteiger partial charge in [-0.3, -0.25) is 9.59 Å². The third-order valence-corrected chi connectivity index (χ3v) is 4.65. The fraction of sp³-hybridized carbons (Fsp3) is 0.400. The van der Waals surface area contributed by atoms with Gasteiger partial charge in [-0.15, -0.1) is 0 Å². The number of ether oxygens (including phenoxy) is 3. The predicted octanol–water partition coefficient (Wildman–Crippen LogP) is 3.42. The molecule has 0 saturated carbocycles. The normalized spacial score (nSPS) is 10.7. The number of hydrogen-bond donors (Lipinski definition) is 3. The second-order valence-electron chi connectivity index (χ2n) is 8.53. The Labute approximate surface area is 200 Å². The van der Waals surface area contributed by atoms with E-state index in [1.807, 2.05) is 30.3 Å². The smallest absolute Gasteiger partial charge is 0.408 e. The molecule has 0 aliphatic carbocycles. The Hall–Kier alpha value is -3.75. The first-order valence-corrected chi connectivity index (χ1v) is 10.9. The fourth-order valence-corrected chi connectivity index (χ4v) is 3.03. The number of alkyl carbamates (subject to hydrolysis) is 1. The number of methoxy groups -OCH3 is 2. The van der Waals surface area contributed by atoms with E-state index in [1.165, 1.54) is 0 Å². The summed E-state index contributed by atoms with van der Waals surface area (Å²) in [4.78, 5) is 36.3. The van der Waals surface area contributed by atoms with Crippen LogP contribution in [0.3, 0.4) is 0 Å². The molecule has 0 saturated heterocycles.